The van der Waals surface area contributed by atoms with Crippen LogP contribution in [0.1, 0.15) is 12.8 Å². The van der Waals surface area contributed by atoms with Gasteiger partial charge < -0.3 is 10.6 Å². The molecule has 2 rings (SSSR count). The molecule has 0 radical (unpaired) electrons. The Balaban J connectivity index is 1.85. The molecule has 18 heavy (non-hydrogen) atoms. The van der Waals surface area contributed by atoms with Gasteiger partial charge in [0.2, 0.25) is 23.6 Å². The Morgan fingerprint density at radius 2 is 2.00 bits per heavy atom. The fourth-order valence-electron chi connectivity index (χ4n) is 1.86. The van der Waals surface area contributed by atoms with Crippen molar-refractivity contribution in [2.45, 2.75) is 24.9 Å². The van der Waals surface area contributed by atoms with Crippen molar-refractivity contribution in [3.05, 3.63) is 0 Å². The summed E-state index contributed by atoms with van der Waals surface area (Å²) in [6.07, 6.45) is 0.515. The van der Waals surface area contributed by atoms with E-state index in [9.17, 15) is 19.2 Å². The Kier molecular flexibility index (Phi) is 3.56. The van der Waals surface area contributed by atoms with Crippen LogP contribution in [-0.4, -0.2) is 48.8 Å². The summed E-state index contributed by atoms with van der Waals surface area (Å²) >= 11 is 0. The van der Waals surface area contributed by atoms with Crippen molar-refractivity contribution >= 4 is 23.6 Å². The highest BCUT2D eigenvalue weighted by Crippen LogP contribution is 2.04. The van der Waals surface area contributed by atoms with Gasteiger partial charge >= 0.3 is 0 Å². The van der Waals surface area contributed by atoms with Crippen LogP contribution >= 0.6 is 0 Å². The maximum Gasteiger partial charge on any atom is 0.249 e. The van der Waals surface area contributed by atoms with Crippen LogP contribution in [-0.2, 0) is 19.2 Å². The molecule has 0 aromatic carbocycles. The highest BCUT2D eigenvalue weighted by molar-refractivity contribution is 6.02. The van der Waals surface area contributed by atoms with Crippen LogP contribution in [0.3, 0.4) is 0 Å². The molecule has 8 nitrogen and oxygen atoms in total. The van der Waals surface area contributed by atoms with Crippen LogP contribution < -0.4 is 21.3 Å². The van der Waals surface area contributed by atoms with E-state index in [-0.39, 0.29) is 37.2 Å². The Morgan fingerprint density at radius 1 is 1.22 bits per heavy atom. The van der Waals surface area contributed by atoms with Crippen molar-refractivity contribution in [2.75, 3.05) is 13.1 Å². The first-order valence-corrected chi connectivity index (χ1v) is 5.70. The third-order valence-corrected chi connectivity index (χ3v) is 2.88. The van der Waals surface area contributed by atoms with Crippen LogP contribution in [0.25, 0.3) is 0 Å². The summed E-state index contributed by atoms with van der Waals surface area (Å²) in [5, 5.41) is 10.0. The Bertz CT molecular complexity index is 399. The minimum atomic E-state index is -0.686. The number of nitrogens with one attached hydrogen (secondary N) is 4. The molecule has 4 N–H and O–H groups in total. The molecule has 0 bridgehead atoms. The molecule has 98 valence electrons. The summed E-state index contributed by atoms with van der Waals surface area (Å²) in [5.41, 5.74) is 0. The lowest BCUT2D eigenvalue weighted by atomic mass is 10.1. The fraction of sp³-hybridized carbons (Fsp3) is 0.600. The first kappa shape index (κ1) is 12.5. The van der Waals surface area contributed by atoms with E-state index in [0.717, 1.165) is 0 Å². The lowest BCUT2D eigenvalue weighted by molar-refractivity contribution is -0.138. The summed E-state index contributed by atoms with van der Waals surface area (Å²) in [4.78, 5) is 45.1. The summed E-state index contributed by atoms with van der Waals surface area (Å²) in [7, 11) is 0. The summed E-state index contributed by atoms with van der Waals surface area (Å²) < 4.78 is 0. The molecule has 4 amide bonds. The topological polar surface area (TPSA) is 116 Å². The zero-order valence-electron chi connectivity index (χ0n) is 9.62. The number of carbonyl (C=O) groups excluding carboxylic acids is 4. The van der Waals surface area contributed by atoms with Crippen LogP contribution in [0.15, 0.2) is 0 Å². The Hall–Kier alpha value is -1.96. The van der Waals surface area contributed by atoms with E-state index < -0.39 is 18.0 Å². The van der Waals surface area contributed by atoms with Crippen molar-refractivity contribution in [1.82, 2.24) is 21.3 Å². The van der Waals surface area contributed by atoms with Crippen molar-refractivity contribution in [3.63, 3.8) is 0 Å². The van der Waals surface area contributed by atoms with E-state index in [1.165, 1.54) is 0 Å². The van der Waals surface area contributed by atoms with Crippen molar-refractivity contribution in [2.24, 2.45) is 0 Å². The number of piperidine rings is 1. The second-order valence-electron chi connectivity index (χ2n) is 4.25. The zero-order chi connectivity index (χ0) is 13.1. The normalized spacial score (nSPS) is 28.3. The number of carbonyl (C=O) groups is 4. The van der Waals surface area contributed by atoms with E-state index >= 15 is 0 Å². The van der Waals surface area contributed by atoms with Gasteiger partial charge in [-0.2, -0.15) is 0 Å². The van der Waals surface area contributed by atoms with Gasteiger partial charge in [-0.25, -0.2) is 0 Å². The highest BCUT2D eigenvalue weighted by atomic mass is 16.2. The number of hydrogen-bond acceptors (Lipinski definition) is 5. The SMILES string of the molecule is O=C1CNC(C(=O)NC2CCC(=O)NC2=O)CN1. The maximum absolute atomic E-state index is 11.8. The predicted octanol–water partition coefficient (Wildman–Crippen LogP) is -3.00. The van der Waals surface area contributed by atoms with Gasteiger partial charge in [-0.1, -0.05) is 0 Å². The molecule has 2 atom stereocenters. The lowest BCUT2D eigenvalue weighted by Gasteiger charge is -2.27. The number of rotatable bonds is 2. The van der Waals surface area contributed by atoms with Crippen molar-refractivity contribution < 1.29 is 19.2 Å². The second-order valence-corrected chi connectivity index (χ2v) is 4.25. The standard InChI is InChI=1S/C10H14N4O4/c15-7-2-1-5(9(17)14-7)13-10(18)6-3-12-8(16)4-11-6/h5-6,11H,1-4H2,(H,12,16)(H,13,18)(H,14,15,17). The molecule has 0 aromatic heterocycles. The molecule has 2 saturated heterocycles. The first-order chi connectivity index (χ1) is 8.56. The van der Waals surface area contributed by atoms with E-state index in [2.05, 4.69) is 21.3 Å². The highest BCUT2D eigenvalue weighted by Gasteiger charge is 2.31. The van der Waals surface area contributed by atoms with Gasteiger partial charge in [0.25, 0.3) is 0 Å². The van der Waals surface area contributed by atoms with Gasteiger partial charge in [0, 0.05) is 13.0 Å². The van der Waals surface area contributed by atoms with E-state index in [4.69, 9.17) is 0 Å². The predicted molar refractivity (Wildman–Crippen MR) is 59.1 cm³/mol. The first-order valence-electron chi connectivity index (χ1n) is 5.70. The van der Waals surface area contributed by atoms with Gasteiger partial charge in [-0.3, -0.25) is 29.8 Å². The Morgan fingerprint density at radius 3 is 2.61 bits per heavy atom. The van der Waals surface area contributed by atoms with Gasteiger partial charge in [0.15, 0.2) is 0 Å². The fourth-order valence-corrected chi connectivity index (χ4v) is 1.86. The Labute approximate surface area is 103 Å². The molecular weight excluding hydrogens is 240 g/mol. The lowest BCUT2D eigenvalue weighted by Crippen LogP contribution is -2.61. The molecule has 8 heteroatoms. The number of piperazine rings is 1. The second kappa shape index (κ2) is 5.13. The average Bonchev–Trinajstić information content (AvgIpc) is 2.33. The number of hydrogen-bond donors (Lipinski definition) is 4. The molecule has 2 fully saturated rings. The quantitative estimate of drug-likeness (QED) is 0.392. The minimum absolute atomic E-state index is 0.0768. The third-order valence-electron chi connectivity index (χ3n) is 2.88. The smallest absolute Gasteiger partial charge is 0.249 e. The minimum Gasteiger partial charge on any atom is -0.353 e. The molecule has 2 heterocycles. The van der Waals surface area contributed by atoms with Gasteiger partial charge in [-0.05, 0) is 6.42 Å². The summed E-state index contributed by atoms with van der Waals surface area (Å²) in [6, 6.07) is -1.23. The van der Waals surface area contributed by atoms with E-state index in [0.29, 0.717) is 6.42 Å². The maximum atomic E-state index is 11.8. The largest absolute Gasteiger partial charge is 0.353 e. The van der Waals surface area contributed by atoms with Crippen LogP contribution in [0.2, 0.25) is 0 Å². The molecule has 2 aliphatic rings. The summed E-state index contributed by atoms with van der Waals surface area (Å²) in [5.74, 6) is -1.34. The van der Waals surface area contributed by atoms with Crippen LogP contribution in [0, 0.1) is 0 Å². The van der Waals surface area contributed by atoms with E-state index in [1.54, 1.807) is 0 Å². The van der Waals surface area contributed by atoms with Gasteiger partial charge in [-0.15, -0.1) is 0 Å². The average molecular weight is 254 g/mol. The van der Waals surface area contributed by atoms with Crippen molar-refractivity contribution in [1.29, 1.82) is 0 Å². The van der Waals surface area contributed by atoms with Crippen molar-refractivity contribution in [3.8, 4) is 0 Å². The van der Waals surface area contributed by atoms with Gasteiger partial charge in [0.1, 0.15) is 12.1 Å². The zero-order valence-corrected chi connectivity index (χ0v) is 9.62. The monoisotopic (exact) mass is 254 g/mol. The molecule has 2 aliphatic heterocycles. The number of imide groups is 1. The molecular formula is C10H14N4O4. The van der Waals surface area contributed by atoms with Crippen LogP contribution in [0.5, 0.6) is 0 Å². The molecule has 0 spiro atoms. The van der Waals surface area contributed by atoms with E-state index in [1.807, 2.05) is 0 Å². The molecule has 0 aromatic rings. The van der Waals surface area contributed by atoms with Crippen LogP contribution in [0.4, 0.5) is 0 Å². The summed E-state index contributed by atoms with van der Waals surface area (Å²) in [6.45, 7) is 0.269. The third kappa shape index (κ3) is 2.83. The molecule has 0 saturated carbocycles. The number of amides is 4. The molecule has 0 aliphatic carbocycles. The molecule has 2 unspecified atom stereocenters. The van der Waals surface area contributed by atoms with Gasteiger partial charge in [0.05, 0.1) is 6.54 Å².